The average Bonchev–Trinajstić information content (AvgIpc) is 2.96. The zero-order valence-electron chi connectivity index (χ0n) is 23.7. The predicted octanol–water partition coefficient (Wildman–Crippen LogP) is 4.29. The van der Waals surface area contributed by atoms with E-state index in [0.29, 0.717) is 48.1 Å². The minimum atomic E-state index is -1.01. The highest BCUT2D eigenvalue weighted by Crippen LogP contribution is 2.26. The number of amides is 3. The summed E-state index contributed by atoms with van der Waals surface area (Å²) in [4.78, 5) is 43.8. The summed E-state index contributed by atoms with van der Waals surface area (Å²) in [5.41, 5.74) is 2.99. The molecular formula is C30H36N4O7. The van der Waals surface area contributed by atoms with Gasteiger partial charge in [0.25, 0.3) is 0 Å². The number of hydroxylamine groups is 2. The van der Waals surface area contributed by atoms with E-state index in [2.05, 4.69) is 10.6 Å². The van der Waals surface area contributed by atoms with Crippen LogP contribution in [-0.2, 0) is 16.1 Å². The number of carbonyl (C=O) groups excluding carboxylic acids is 2. The van der Waals surface area contributed by atoms with Gasteiger partial charge in [-0.25, -0.2) is 9.59 Å². The Kier molecular flexibility index (Phi) is 11.5. The van der Waals surface area contributed by atoms with Crippen molar-refractivity contribution in [3.05, 3.63) is 83.4 Å². The van der Waals surface area contributed by atoms with Crippen LogP contribution in [0.15, 0.2) is 66.7 Å². The second-order valence-corrected chi connectivity index (χ2v) is 9.20. The van der Waals surface area contributed by atoms with E-state index in [1.165, 1.54) is 19.2 Å². The zero-order valence-corrected chi connectivity index (χ0v) is 23.7. The number of urea groups is 1. The van der Waals surface area contributed by atoms with Gasteiger partial charge in [-0.3, -0.25) is 4.79 Å². The third-order valence-electron chi connectivity index (χ3n) is 6.34. The molecule has 218 valence electrons. The molecule has 3 aromatic rings. The average molecular weight is 565 g/mol. The summed E-state index contributed by atoms with van der Waals surface area (Å²) >= 11 is 0. The van der Waals surface area contributed by atoms with Gasteiger partial charge >= 0.3 is 12.0 Å². The number of carboxylic acids is 1. The lowest BCUT2D eigenvalue weighted by Crippen LogP contribution is -2.40. The lowest BCUT2D eigenvalue weighted by molar-refractivity contribution is -0.136. The van der Waals surface area contributed by atoms with Gasteiger partial charge in [0.05, 0.1) is 38.4 Å². The second-order valence-electron chi connectivity index (χ2n) is 9.20. The molecule has 0 radical (unpaired) electrons. The number of nitrogens with one attached hydrogen (secondary N) is 2. The van der Waals surface area contributed by atoms with Crippen LogP contribution in [-0.4, -0.2) is 80.5 Å². The van der Waals surface area contributed by atoms with Gasteiger partial charge in [-0.05, 0) is 60.5 Å². The first-order valence-electron chi connectivity index (χ1n) is 13.0. The molecule has 0 saturated carbocycles. The maximum absolute atomic E-state index is 13.3. The zero-order chi connectivity index (χ0) is 29.8. The van der Waals surface area contributed by atoms with Crippen LogP contribution in [0, 0.1) is 6.92 Å². The van der Waals surface area contributed by atoms with Crippen molar-refractivity contribution in [2.75, 3.05) is 58.1 Å². The van der Waals surface area contributed by atoms with Crippen LogP contribution < -0.4 is 20.1 Å². The predicted molar refractivity (Wildman–Crippen MR) is 156 cm³/mol. The first-order valence-corrected chi connectivity index (χ1v) is 13.0. The van der Waals surface area contributed by atoms with Crippen molar-refractivity contribution in [3.63, 3.8) is 0 Å². The number of aromatic carboxylic acids is 1. The molecule has 0 aliphatic carbocycles. The Balaban J connectivity index is 1.63. The third-order valence-corrected chi connectivity index (χ3v) is 6.34. The van der Waals surface area contributed by atoms with Crippen LogP contribution in [0.4, 0.5) is 16.2 Å². The van der Waals surface area contributed by atoms with Crippen LogP contribution in [0.3, 0.4) is 0 Å². The maximum Gasteiger partial charge on any atom is 0.335 e. The Hall–Kier alpha value is -4.61. The van der Waals surface area contributed by atoms with Crippen LogP contribution >= 0.6 is 0 Å². The number of anilines is 2. The van der Waals surface area contributed by atoms with Crippen LogP contribution in [0.25, 0.3) is 0 Å². The number of methoxy groups -OCH3 is 1. The molecule has 0 spiro atoms. The van der Waals surface area contributed by atoms with Crippen molar-refractivity contribution < 1.29 is 33.8 Å². The molecule has 0 bridgehead atoms. The van der Waals surface area contributed by atoms with Gasteiger partial charge in [-0.2, -0.15) is 5.06 Å². The Morgan fingerprint density at radius 1 is 0.878 bits per heavy atom. The fraction of sp³-hybridized carbons (Fsp3) is 0.300. The van der Waals surface area contributed by atoms with E-state index in [9.17, 15) is 14.4 Å². The van der Waals surface area contributed by atoms with E-state index < -0.39 is 12.0 Å². The summed E-state index contributed by atoms with van der Waals surface area (Å²) < 4.78 is 11.2. The standard InChI is InChI=1S/C30H36N4O7/c1-21-7-5-6-8-25(21)31-30(38)32-26-14-9-22(19-27(26)39-3)20-28(35)34(16-15-33(2)40-4)17-18-41-24-12-10-23(11-13-24)29(36)37/h5-14,19H,15-18,20H2,1-4H3,(H,36,37)(H2,31,32,38). The largest absolute Gasteiger partial charge is 0.495 e. The number of aryl methyl sites for hydroxylation is 1. The van der Waals surface area contributed by atoms with Gasteiger partial charge in [-0.1, -0.05) is 24.3 Å². The molecule has 11 nitrogen and oxygen atoms in total. The number of ether oxygens (including phenoxy) is 2. The Morgan fingerprint density at radius 3 is 2.24 bits per heavy atom. The summed E-state index contributed by atoms with van der Waals surface area (Å²) in [5, 5.41) is 16.3. The highest BCUT2D eigenvalue weighted by atomic mass is 16.7. The summed E-state index contributed by atoms with van der Waals surface area (Å²) in [5.74, 6) is -0.203. The van der Waals surface area contributed by atoms with Gasteiger partial charge in [0.1, 0.15) is 18.1 Å². The number of carboxylic acid groups (broad SMARTS) is 1. The molecule has 3 rings (SSSR count). The molecule has 0 atom stereocenters. The number of likely N-dealkylation sites (N-methyl/N-ethyl adjacent to an activating group) is 1. The van der Waals surface area contributed by atoms with E-state index in [0.717, 1.165) is 5.56 Å². The van der Waals surface area contributed by atoms with Crippen molar-refractivity contribution in [2.45, 2.75) is 13.3 Å². The molecule has 0 fully saturated rings. The smallest absolute Gasteiger partial charge is 0.335 e. The molecule has 0 unspecified atom stereocenters. The fourth-order valence-corrected chi connectivity index (χ4v) is 3.91. The van der Waals surface area contributed by atoms with Crippen molar-refractivity contribution >= 4 is 29.3 Å². The SMILES string of the molecule is COc1cc(CC(=O)N(CCOc2ccc(C(=O)O)cc2)CCN(C)OC)ccc1NC(=O)Nc1ccccc1C. The Morgan fingerprint density at radius 2 is 1.59 bits per heavy atom. The molecule has 0 heterocycles. The minimum Gasteiger partial charge on any atom is -0.495 e. The first kappa shape index (κ1) is 30.9. The fourth-order valence-electron chi connectivity index (χ4n) is 3.91. The highest BCUT2D eigenvalue weighted by Gasteiger charge is 2.17. The number of hydrogen-bond acceptors (Lipinski definition) is 7. The summed E-state index contributed by atoms with van der Waals surface area (Å²) in [6, 6.07) is 18.3. The van der Waals surface area contributed by atoms with E-state index in [-0.39, 0.29) is 24.5 Å². The minimum absolute atomic E-state index is 0.107. The van der Waals surface area contributed by atoms with E-state index in [4.69, 9.17) is 19.4 Å². The molecule has 0 aromatic heterocycles. The first-order chi connectivity index (χ1) is 19.7. The highest BCUT2D eigenvalue weighted by molar-refractivity contribution is 6.01. The van der Waals surface area contributed by atoms with Crippen molar-refractivity contribution in [1.82, 2.24) is 9.96 Å². The van der Waals surface area contributed by atoms with E-state index in [1.807, 2.05) is 31.2 Å². The lowest BCUT2D eigenvalue weighted by Gasteiger charge is -2.25. The Bertz CT molecular complexity index is 1330. The van der Waals surface area contributed by atoms with Crippen LogP contribution in [0.5, 0.6) is 11.5 Å². The Labute approximate surface area is 239 Å². The van der Waals surface area contributed by atoms with Gasteiger partial charge in [0.2, 0.25) is 5.91 Å². The number of rotatable bonds is 14. The molecule has 11 heteroatoms. The van der Waals surface area contributed by atoms with Crippen molar-refractivity contribution in [1.29, 1.82) is 0 Å². The molecular weight excluding hydrogens is 528 g/mol. The summed E-state index contributed by atoms with van der Waals surface area (Å²) in [6.07, 6.45) is 0.107. The van der Waals surface area contributed by atoms with Gasteiger partial charge in [0.15, 0.2) is 0 Å². The molecule has 3 amide bonds. The molecule has 3 aromatic carbocycles. The van der Waals surface area contributed by atoms with Gasteiger partial charge in [0, 0.05) is 25.8 Å². The second kappa shape index (κ2) is 15.2. The molecule has 0 saturated heterocycles. The van der Waals surface area contributed by atoms with Gasteiger partial charge < -0.3 is 35.0 Å². The maximum atomic E-state index is 13.3. The van der Waals surface area contributed by atoms with Gasteiger partial charge in [-0.15, -0.1) is 0 Å². The van der Waals surface area contributed by atoms with Crippen molar-refractivity contribution in [3.8, 4) is 11.5 Å². The normalized spacial score (nSPS) is 10.7. The quantitative estimate of drug-likeness (QED) is 0.247. The topological polar surface area (TPSA) is 130 Å². The van der Waals surface area contributed by atoms with Crippen molar-refractivity contribution in [2.24, 2.45) is 0 Å². The monoisotopic (exact) mass is 564 g/mol. The van der Waals surface area contributed by atoms with Crippen LogP contribution in [0.2, 0.25) is 0 Å². The molecule has 0 aliphatic rings. The van der Waals surface area contributed by atoms with E-state index in [1.54, 1.807) is 54.5 Å². The summed E-state index contributed by atoms with van der Waals surface area (Å²) in [7, 11) is 4.83. The number of carbonyl (C=O) groups is 3. The van der Waals surface area contributed by atoms with Crippen LogP contribution in [0.1, 0.15) is 21.5 Å². The number of nitrogens with zero attached hydrogens (tertiary/aromatic N) is 2. The van der Waals surface area contributed by atoms with E-state index >= 15 is 0 Å². The summed E-state index contributed by atoms with van der Waals surface area (Å²) in [6.45, 7) is 3.32. The third kappa shape index (κ3) is 9.52. The number of hydrogen-bond donors (Lipinski definition) is 3. The number of para-hydroxylation sites is 1. The molecule has 0 aliphatic heterocycles. The lowest BCUT2D eigenvalue weighted by atomic mass is 10.1. The number of benzene rings is 3. The molecule has 3 N–H and O–H groups in total. The molecule has 41 heavy (non-hydrogen) atoms.